The molecular weight excluding hydrogens is 319 g/mol. The molecule has 1 aliphatic rings. The molecule has 0 radical (unpaired) electrons. The number of hydrogen-bond donors (Lipinski definition) is 1. The fourth-order valence-corrected chi connectivity index (χ4v) is 3.53. The minimum atomic E-state index is -0.0839. The lowest BCUT2D eigenvalue weighted by molar-refractivity contribution is 0.159. The first kappa shape index (κ1) is 15.9. The lowest BCUT2D eigenvalue weighted by atomic mass is 9.97. The van der Waals surface area contributed by atoms with Crippen molar-refractivity contribution in [2.45, 2.75) is 38.6 Å². The van der Waals surface area contributed by atoms with E-state index in [1.54, 1.807) is 12.1 Å². The second-order valence-corrected chi connectivity index (χ2v) is 6.29. The van der Waals surface area contributed by atoms with Gasteiger partial charge in [-0.25, -0.2) is 4.39 Å². The molecule has 20 heavy (non-hydrogen) atoms. The van der Waals surface area contributed by atoms with Crippen molar-refractivity contribution in [2.75, 3.05) is 26.2 Å². The second kappa shape index (κ2) is 8.11. The van der Waals surface area contributed by atoms with E-state index >= 15 is 0 Å². The van der Waals surface area contributed by atoms with E-state index in [1.807, 2.05) is 6.07 Å². The van der Waals surface area contributed by atoms with Crippen LogP contribution in [-0.2, 0) is 0 Å². The largest absolute Gasteiger partial charge is 0.314 e. The Labute approximate surface area is 129 Å². The van der Waals surface area contributed by atoms with Gasteiger partial charge in [-0.15, -0.1) is 0 Å². The van der Waals surface area contributed by atoms with Crippen LogP contribution in [0.1, 0.15) is 44.2 Å². The zero-order valence-electron chi connectivity index (χ0n) is 12.2. The molecule has 1 atom stereocenters. The van der Waals surface area contributed by atoms with Gasteiger partial charge in [0, 0.05) is 42.3 Å². The Hall–Kier alpha value is -0.450. The summed E-state index contributed by atoms with van der Waals surface area (Å²) in [6, 6.07) is 5.49. The zero-order chi connectivity index (χ0) is 14.4. The van der Waals surface area contributed by atoms with E-state index < -0.39 is 0 Å². The quantitative estimate of drug-likeness (QED) is 0.782. The molecule has 1 fully saturated rings. The van der Waals surface area contributed by atoms with Crippen LogP contribution in [0.25, 0.3) is 0 Å². The summed E-state index contributed by atoms with van der Waals surface area (Å²) in [6.07, 6.45) is 4.61. The Balaban J connectivity index is 2.20. The van der Waals surface area contributed by atoms with Gasteiger partial charge in [0.2, 0.25) is 0 Å². The first-order valence-corrected chi connectivity index (χ1v) is 8.42. The maximum absolute atomic E-state index is 14.3. The molecule has 1 aliphatic heterocycles. The van der Waals surface area contributed by atoms with Gasteiger partial charge in [0.25, 0.3) is 0 Å². The Kier molecular flexibility index (Phi) is 6.46. The molecule has 0 saturated carbocycles. The topological polar surface area (TPSA) is 15.3 Å². The summed E-state index contributed by atoms with van der Waals surface area (Å²) in [7, 11) is 0. The summed E-state index contributed by atoms with van der Waals surface area (Å²) in [4.78, 5) is 2.43. The van der Waals surface area contributed by atoms with Crippen molar-refractivity contribution in [3.8, 4) is 0 Å². The van der Waals surface area contributed by atoms with Crippen LogP contribution >= 0.6 is 15.9 Å². The Morgan fingerprint density at radius 1 is 1.30 bits per heavy atom. The molecular formula is C16H24BrFN2. The lowest BCUT2D eigenvalue weighted by Gasteiger charge is -2.36. The van der Waals surface area contributed by atoms with E-state index in [9.17, 15) is 4.39 Å². The predicted octanol–water partition coefficient (Wildman–Crippen LogP) is 4.11. The van der Waals surface area contributed by atoms with E-state index in [0.29, 0.717) is 0 Å². The fraction of sp³-hybridized carbons (Fsp3) is 0.625. The highest BCUT2D eigenvalue weighted by molar-refractivity contribution is 9.10. The van der Waals surface area contributed by atoms with Gasteiger partial charge in [0.15, 0.2) is 0 Å². The highest BCUT2D eigenvalue weighted by Crippen LogP contribution is 2.34. The number of halogens is 2. The van der Waals surface area contributed by atoms with Gasteiger partial charge in [-0.3, -0.25) is 4.90 Å². The number of piperazine rings is 1. The third kappa shape index (κ3) is 4.03. The van der Waals surface area contributed by atoms with Crippen molar-refractivity contribution < 1.29 is 4.39 Å². The third-order valence-corrected chi connectivity index (χ3v) is 4.70. The molecule has 2 rings (SSSR count). The molecule has 1 heterocycles. The average molecular weight is 343 g/mol. The minimum absolute atomic E-state index is 0.0839. The van der Waals surface area contributed by atoms with Crippen molar-refractivity contribution >= 4 is 15.9 Å². The third-order valence-electron chi connectivity index (χ3n) is 4.01. The van der Waals surface area contributed by atoms with Crippen LogP contribution in [0.3, 0.4) is 0 Å². The summed E-state index contributed by atoms with van der Waals surface area (Å²) in [5.74, 6) is -0.0839. The van der Waals surface area contributed by atoms with E-state index in [2.05, 4.69) is 33.1 Å². The summed E-state index contributed by atoms with van der Waals surface area (Å²) in [5.41, 5.74) is 0.838. The maximum atomic E-state index is 14.3. The number of benzene rings is 1. The first-order valence-electron chi connectivity index (χ1n) is 7.62. The van der Waals surface area contributed by atoms with Crippen molar-refractivity contribution in [3.63, 3.8) is 0 Å². The van der Waals surface area contributed by atoms with E-state index in [0.717, 1.165) is 49.1 Å². The van der Waals surface area contributed by atoms with Gasteiger partial charge in [-0.05, 0) is 18.6 Å². The molecule has 0 unspecified atom stereocenters. The zero-order valence-corrected chi connectivity index (χ0v) is 13.8. The molecule has 0 bridgehead atoms. The number of hydrogen-bond acceptors (Lipinski definition) is 2. The van der Waals surface area contributed by atoms with Crippen LogP contribution in [0.15, 0.2) is 22.7 Å². The average Bonchev–Trinajstić information content (AvgIpc) is 2.46. The van der Waals surface area contributed by atoms with Crippen molar-refractivity contribution in [2.24, 2.45) is 0 Å². The molecule has 112 valence electrons. The Morgan fingerprint density at radius 3 is 2.70 bits per heavy atom. The van der Waals surface area contributed by atoms with Crippen LogP contribution < -0.4 is 5.32 Å². The first-order chi connectivity index (χ1) is 9.74. The van der Waals surface area contributed by atoms with Crippen LogP contribution in [0.5, 0.6) is 0 Å². The molecule has 2 nitrogen and oxygen atoms in total. The van der Waals surface area contributed by atoms with Crippen LogP contribution in [0.4, 0.5) is 4.39 Å². The molecule has 1 aromatic rings. The molecule has 0 amide bonds. The number of nitrogens with zero attached hydrogens (tertiary/aromatic N) is 1. The van der Waals surface area contributed by atoms with E-state index in [-0.39, 0.29) is 11.9 Å². The van der Waals surface area contributed by atoms with E-state index in [4.69, 9.17) is 0 Å². The minimum Gasteiger partial charge on any atom is -0.314 e. The predicted molar refractivity (Wildman–Crippen MR) is 85.4 cm³/mol. The fourth-order valence-electron chi connectivity index (χ4n) is 2.92. The Bertz CT molecular complexity index is 399. The smallest absolute Gasteiger partial charge is 0.129 e. The highest BCUT2D eigenvalue weighted by atomic mass is 79.9. The molecule has 4 heteroatoms. The molecule has 0 aromatic heterocycles. The molecule has 0 aliphatic carbocycles. The lowest BCUT2D eigenvalue weighted by Crippen LogP contribution is -2.45. The summed E-state index contributed by atoms with van der Waals surface area (Å²) >= 11 is 3.54. The van der Waals surface area contributed by atoms with Gasteiger partial charge in [-0.1, -0.05) is 48.2 Å². The highest BCUT2D eigenvalue weighted by Gasteiger charge is 2.25. The number of nitrogens with one attached hydrogen (secondary N) is 1. The van der Waals surface area contributed by atoms with Gasteiger partial charge in [0.05, 0.1) is 0 Å². The van der Waals surface area contributed by atoms with Crippen LogP contribution in [0.2, 0.25) is 0 Å². The molecule has 0 spiro atoms. The summed E-state index contributed by atoms with van der Waals surface area (Å²) < 4.78 is 15.2. The van der Waals surface area contributed by atoms with Gasteiger partial charge in [0.1, 0.15) is 5.82 Å². The van der Waals surface area contributed by atoms with Crippen molar-refractivity contribution in [1.82, 2.24) is 10.2 Å². The van der Waals surface area contributed by atoms with Crippen LogP contribution in [0, 0.1) is 5.82 Å². The number of unbranched alkanes of at least 4 members (excludes halogenated alkanes) is 2. The van der Waals surface area contributed by atoms with Gasteiger partial charge in [-0.2, -0.15) is 0 Å². The van der Waals surface area contributed by atoms with Gasteiger partial charge >= 0.3 is 0 Å². The SMILES string of the molecule is CCCCC[C@@H](c1c(F)cccc1Br)N1CCNCC1. The Morgan fingerprint density at radius 2 is 2.05 bits per heavy atom. The normalized spacial score (nSPS) is 18.1. The molecule has 1 N–H and O–H groups in total. The standard InChI is InChI=1S/C16H24BrFN2/c1-2-3-4-8-15(20-11-9-19-10-12-20)16-13(17)6-5-7-14(16)18/h5-7,15,19H,2-4,8-12H2,1H3/t15-/m0/s1. The second-order valence-electron chi connectivity index (χ2n) is 5.43. The maximum Gasteiger partial charge on any atom is 0.129 e. The number of rotatable bonds is 6. The van der Waals surface area contributed by atoms with Gasteiger partial charge < -0.3 is 5.32 Å². The van der Waals surface area contributed by atoms with E-state index in [1.165, 1.54) is 12.8 Å². The van der Waals surface area contributed by atoms with Crippen LogP contribution in [-0.4, -0.2) is 31.1 Å². The summed E-state index contributed by atoms with van der Waals surface area (Å²) in [6.45, 7) is 6.20. The summed E-state index contributed by atoms with van der Waals surface area (Å²) in [5, 5.41) is 3.37. The molecule has 1 saturated heterocycles. The molecule has 1 aromatic carbocycles. The van der Waals surface area contributed by atoms with Crippen molar-refractivity contribution in [1.29, 1.82) is 0 Å². The monoisotopic (exact) mass is 342 g/mol. The van der Waals surface area contributed by atoms with Crippen molar-refractivity contribution in [3.05, 3.63) is 34.1 Å².